The second kappa shape index (κ2) is 3.55. The molecule has 1 aromatic heterocycles. The van der Waals surface area contributed by atoms with Gasteiger partial charge >= 0.3 is 0 Å². The first kappa shape index (κ1) is 9.43. The Labute approximate surface area is 83.2 Å². The maximum Gasteiger partial charge on any atom is 0.123 e. The van der Waals surface area contributed by atoms with Crippen molar-refractivity contribution in [2.75, 3.05) is 18.8 Å². The van der Waals surface area contributed by atoms with E-state index in [0.717, 1.165) is 31.5 Å². The molecule has 0 spiro atoms. The molecule has 1 aliphatic heterocycles. The highest BCUT2D eigenvalue weighted by Crippen LogP contribution is 2.29. The molecule has 76 valence electrons. The van der Waals surface area contributed by atoms with Gasteiger partial charge in [0.15, 0.2) is 0 Å². The summed E-state index contributed by atoms with van der Waals surface area (Å²) in [4.78, 5) is 4.00. The van der Waals surface area contributed by atoms with Crippen molar-refractivity contribution >= 4 is 5.82 Å². The number of aliphatic hydroxyl groups is 1. The lowest BCUT2D eigenvalue weighted by Gasteiger charge is -2.32. The Morgan fingerprint density at radius 2 is 2.07 bits per heavy atom. The number of hydrogen-bond acceptors (Lipinski definition) is 4. The van der Waals surface area contributed by atoms with Crippen LogP contribution >= 0.6 is 0 Å². The first-order chi connectivity index (χ1) is 6.71. The maximum atomic E-state index is 10.3. The molecule has 1 aliphatic rings. The number of nitrogen functional groups attached to an aromatic ring is 1. The molecule has 4 N–H and O–H groups in total. The first-order valence-electron chi connectivity index (χ1n) is 4.86. The number of anilines is 1. The van der Waals surface area contributed by atoms with Gasteiger partial charge in [-0.05, 0) is 32.0 Å². The Morgan fingerprint density at radius 1 is 1.36 bits per heavy atom. The zero-order chi connectivity index (χ0) is 10.0. The third-order valence-electron chi connectivity index (χ3n) is 2.75. The molecule has 4 heteroatoms. The van der Waals surface area contributed by atoms with Crippen molar-refractivity contribution < 1.29 is 5.11 Å². The van der Waals surface area contributed by atoms with Crippen LogP contribution in [-0.4, -0.2) is 23.2 Å². The predicted octanol–water partition coefficient (Wildman–Crippen LogP) is 0.235. The second-order valence-corrected chi connectivity index (χ2v) is 3.75. The molecule has 2 heterocycles. The number of pyridine rings is 1. The molecule has 0 amide bonds. The van der Waals surface area contributed by atoms with E-state index in [1.807, 2.05) is 6.07 Å². The van der Waals surface area contributed by atoms with Crippen LogP contribution in [0.25, 0.3) is 0 Å². The Hall–Kier alpha value is -1.13. The summed E-state index contributed by atoms with van der Waals surface area (Å²) in [5, 5.41) is 13.5. The van der Waals surface area contributed by atoms with Gasteiger partial charge in [0.25, 0.3) is 0 Å². The molecular weight excluding hydrogens is 178 g/mol. The van der Waals surface area contributed by atoms with Crippen molar-refractivity contribution in [3.05, 3.63) is 23.9 Å². The van der Waals surface area contributed by atoms with Crippen LogP contribution in [0.2, 0.25) is 0 Å². The van der Waals surface area contributed by atoms with E-state index < -0.39 is 5.60 Å². The molecule has 14 heavy (non-hydrogen) atoms. The molecule has 0 aliphatic carbocycles. The summed E-state index contributed by atoms with van der Waals surface area (Å²) in [7, 11) is 0. The molecule has 4 nitrogen and oxygen atoms in total. The highest BCUT2D eigenvalue weighted by atomic mass is 16.3. The normalized spacial score (nSPS) is 20.6. The number of piperidine rings is 1. The molecule has 0 bridgehead atoms. The van der Waals surface area contributed by atoms with Crippen LogP contribution in [0.1, 0.15) is 18.4 Å². The van der Waals surface area contributed by atoms with Crippen LogP contribution in [0.15, 0.2) is 18.3 Å². The molecule has 0 unspecified atom stereocenters. The van der Waals surface area contributed by atoms with Crippen molar-refractivity contribution in [1.29, 1.82) is 0 Å². The van der Waals surface area contributed by atoms with E-state index in [9.17, 15) is 5.11 Å². The van der Waals surface area contributed by atoms with Crippen molar-refractivity contribution in [1.82, 2.24) is 10.3 Å². The van der Waals surface area contributed by atoms with Gasteiger partial charge in [-0.2, -0.15) is 0 Å². The number of hydrogen-bond donors (Lipinski definition) is 3. The topological polar surface area (TPSA) is 71.2 Å². The lowest BCUT2D eigenvalue weighted by Crippen LogP contribution is -2.39. The number of nitrogens with one attached hydrogen (secondary N) is 1. The summed E-state index contributed by atoms with van der Waals surface area (Å²) in [5.41, 5.74) is 5.65. The zero-order valence-electron chi connectivity index (χ0n) is 8.03. The smallest absolute Gasteiger partial charge is 0.123 e. The highest BCUT2D eigenvalue weighted by Gasteiger charge is 2.31. The van der Waals surface area contributed by atoms with E-state index in [-0.39, 0.29) is 0 Å². The molecular formula is C10H15N3O. The van der Waals surface area contributed by atoms with E-state index in [0.29, 0.717) is 5.82 Å². The minimum absolute atomic E-state index is 0.492. The summed E-state index contributed by atoms with van der Waals surface area (Å²) in [6.45, 7) is 1.70. The third-order valence-corrected chi connectivity index (χ3v) is 2.75. The van der Waals surface area contributed by atoms with Crippen molar-refractivity contribution in [2.45, 2.75) is 18.4 Å². The quantitative estimate of drug-likeness (QED) is 0.597. The summed E-state index contributed by atoms with van der Waals surface area (Å²) in [6, 6.07) is 3.59. The largest absolute Gasteiger partial charge is 0.385 e. The molecule has 0 atom stereocenters. The number of nitrogens with two attached hydrogens (primary N) is 1. The lowest BCUT2D eigenvalue weighted by molar-refractivity contribution is 0.00566. The van der Waals surface area contributed by atoms with Crippen molar-refractivity contribution in [3.8, 4) is 0 Å². The average Bonchev–Trinajstić information content (AvgIpc) is 2.19. The van der Waals surface area contributed by atoms with Gasteiger partial charge < -0.3 is 16.2 Å². The van der Waals surface area contributed by atoms with Gasteiger partial charge in [-0.1, -0.05) is 6.07 Å². The number of aromatic nitrogens is 1. The summed E-state index contributed by atoms with van der Waals surface area (Å²) >= 11 is 0. The van der Waals surface area contributed by atoms with Gasteiger partial charge in [-0.25, -0.2) is 4.98 Å². The van der Waals surface area contributed by atoms with Gasteiger partial charge in [-0.3, -0.25) is 0 Å². The minimum atomic E-state index is -0.716. The number of rotatable bonds is 1. The van der Waals surface area contributed by atoms with Crippen LogP contribution in [0.3, 0.4) is 0 Å². The monoisotopic (exact) mass is 193 g/mol. The Kier molecular flexibility index (Phi) is 2.39. The Balaban J connectivity index is 2.23. The van der Waals surface area contributed by atoms with Gasteiger partial charge in [-0.15, -0.1) is 0 Å². The van der Waals surface area contributed by atoms with E-state index in [2.05, 4.69) is 10.3 Å². The predicted molar refractivity (Wildman–Crippen MR) is 54.6 cm³/mol. The molecule has 1 aromatic rings. The first-order valence-corrected chi connectivity index (χ1v) is 4.86. The van der Waals surface area contributed by atoms with Crippen LogP contribution in [0, 0.1) is 0 Å². The summed E-state index contributed by atoms with van der Waals surface area (Å²) in [5.74, 6) is 0.492. The Bertz CT molecular complexity index is 304. The fraction of sp³-hybridized carbons (Fsp3) is 0.500. The lowest BCUT2D eigenvalue weighted by atomic mass is 9.86. The number of nitrogens with zero attached hydrogens (tertiary/aromatic N) is 1. The van der Waals surface area contributed by atoms with Crippen LogP contribution < -0.4 is 11.1 Å². The highest BCUT2D eigenvalue weighted by molar-refractivity contribution is 5.32. The van der Waals surface area contributed by atoms with Crippen molar-refractivity contribution in [2.24, 2.45) is 0 Å². The molecule has 0 radical (unpaired) electrons. The fourth-order valence-electron chi connectivity index (χ4n) is 1.81. The summed E-state index contributed by atoms with van der Waals surface area (Å²) in [6.07, 6.45) is 3.14. The average molecular weight is 193 g/mol. The van der Waals surface area contributed by atoms with Gasteiger partial charge in [0.05, 0.1) is 5.60 Å². The molecule has 2 rings (SSSR count). The van der Waals surface area contributed by atoms with Crippen molar-refractivity contribution in [3.63, 3.8) is 0 Å². The zero-order valence-corrected chi connectivity index (χ0v) is 8.03. The van der Waals surface area contributed by atoms with E-state index in [1.165, 1.54) is 0 Å². The van der Waals surface area contributed by atoms with Gasteiger partial charge in [0, 0.05) is 11.8 Å². The van der Waals surface area contributed by atoms with Crippen LogP contribution in [0.4, 0.5) is 5.82 Å². The fourth-order valence-corrected chi connectivity index (χ4v) is 1.81. The second-order valence-electron chi connectivity index (χ2n) is 3.75. The van der Waals surface area contributed by atoms with Gasteiger partial charge in [0.1, 0.15) is 5.82 Å². The third kappa shape index (κ3) is 1.71. The van der Waals surface area contributed by atoms with E-state index >= 15 is 0 Å². The minimum Gasteiger partial charge on any atom is -0.385 e. The summed E-state index contributed by atoms with van der Waals surface area (Å²) < 4.78 is 0. The van der Waals surface area contributed by atoms with Gasteiger partial charge in [0.2, 0.25) is 0 Å². The maximum absolute atomic E-state index is 10.3. The molecule has 1 fully saturated rings. The van der Waals surface area contributed by atoms with E-state index in [1.54, 1.807) is 12.3 Å². The molecule has 1 saturated heterocycles. The van der Waals surface area contributed by atoms with Crippen LogP contribution in [-0.2, 0) is 5.60 Å². The SMILES string of the molecule is Nc1ccc(C2(O)CCNCC2)cn1. The van der Waals surface area contributed by atoms with Crippen LogP contribution in [0.5, 0.6) is 0 Å². The molecule has 0 aromatic carbocycles. The Morgan fingerprint density at radius 3 is 2.64 bits per heavy atom. The standard InChI is InChI=1S/C10H15N3O/c11-9-2-1-8(7-13-9)10(14)3-5-12-6-4-10/h1-2,7,12,14H,3-6H2,(H2,11,13). The molecule has 0 saturated carbocycles. The van der Waals surface area contributed by atoms with E-state index in [4.69, 9.17) is 5.73 Å².